The Kier molecular flexibility index (Phi) is 8.92. The van der Waals surface area contributed by atoms with Crippen molar-refractivity contribution in [2.24, 2.45) is 5.41 Å². The van der Waals surface area contributed by atoms with Crippen LogP contribution < -0.4 is 14.2 Å². The number of aromatic nitrogens is 1. The predicted octanol–water partition coefficient (Wildman–Crippen LogP) is 6.15. The zero-order valence-electron chi connectivity index (χ0n) is 26.4. The fraction of sp³-hybridized carbons (Fsp3) is 0.333. The average molecular weight is 644 g/mol. The molecule has 1 amide bonds. The van der Waals surface area contributed by atoms with Gasteiger partial charge in [-0.3, -0.25) is 14.6 Å². The van der Waals surface area contributed by atoms with Gasteiger partial charge in [-0.1, -0.05) is 18.2 Å². The zero-order chi connectivity index (χ0) is 33.3. The molecule has 1 aliphatic carbocycles. The van der Waals surface area contributed by atoms with Gasteiger partial charge in [-0.2, -0.15) is 0 Å². The monoisotopic (exact) mass is 643 g/mol. The van der Waals surface area contributed by atoms with Crippen LogP contribution in [-0.4, -0.2) is 72.3 Å². The third kappa shape index (κ3) is 6.80. The number of carbonyl (C=O) groups excluding carboxylic acids is 3. The Morgan fingerprint density at radius 2 is 1.57 bits per heavy atom. The molecular weight excluding hydrogens is 608 g/mol. The van der Waals surface area contributed by atoms with Crippen molar-refractivity contribution in [3.63, 3.8) is 0 Å². The first kappa shape index (κ1) is 32.1. The number of benzene rings is 3. The molecule has 0 spiro atoms. The van der Waals surface area contributed by atoms with Crippen molar-refractivity contribution in [1.82, 2.24) is 14.8 Å². The van der Waals surface area contributed by atoms with E-state index in [1.54, 1.807) is 29.2 Å². The van der Waals surface area contributed by atoms with E-state index in [4.69, 9.17) is 14.2 Å². The summed E-state index contributed by atoms with van der Waals surface area (Å²) >= 11 is 0. The molecule has 6 rings (SSSR count). The molecule has 1 aliphatic heterocycles. The lowest BCUT2D eigenvalue weighted by atomic mass is 9.88. The first-order valence-corrected chi connectivity index (χ1v) is 15.5. The molecule has 3 aromatic carbocycles. The molecule has 1 saturated carbocycles. The van der Waals surface area contributed by atoms with Gasteiger partial charge in [-0.05, 0) is 74.3 Å². The summed E-state index contributed by atoms with van der Waals surface area (Å²) < 4.78 is 45.8. The van der Waals surface area contributed by atoms with Crippen molar-refractivity contribution in [3.05, 3.63) is 89.6 Å². The highest BCUT2D eigenvalue weighted by Crippen LogP contribution is 2.49. The average Bonchev–Trinajstić information content (AvgIpc) is 3.86. The molecule has 0 unspecified atom stereocenters. The van der Waals surface area contributed by atoms with Crippen LogP contribution in [0.2, 0.25) is 0 Å². The number of hydrogen-bond acceptors (Lipinski definition) is 8. The molecule has 1 aromatic heterocycles. The third-order valence-electron chi connectivity index (χ3n) is 8.93. The van der Waals surface area contributed by atoms with E-state index in [1.807, 2.05) is 14.0 Å². The second-order valence-corrected chi connectivity index (χ2v) is 12.3. The number of likely N-dealkylation sites (N-methyl/N-ethyl adjacent to an activating group) is 1. The van der Waals surface area contributed by atoms with Gasteiger partial charge in [0.2, 0.25) is 0 Å². The molecule has 0 bridgehead atoms. The number of nitrogens with zero attached hydrogens (tertiary/aromatic N) is 3. The minimum Gasteiger partial charge on any atom is -0.493 e. The number of hydrogen-bond donors (Lipinski definition) is 0. The molecule has 47 heavy (non-hydrogen) atoms. The number of pyridine rings is 1. The molecule has 1 saturated heterocycles. The minimum absolute atomic E-state index is 0.0182. The Morgan fingerprint density at radius 3 is 2.23 bits per heavy atom. The quantitative estimate of drug-likeness (QED) is 0.190. The molecule has 244 valence electrons. The topological polar surface area (TPSA) is 98.3 Å². The summed E-state index contributed by atoms with van der Waals surface area (Å²) in [5, 5.41) is 0.506. The van der Waals surface area contributed by atoms with E-state index in [0.717, 1.165) is 13.1 Å². The van der Waals surface area contributed by atoms with Gasteiger partial charge < -0.3 is 24.0 Å². The number of ketones is 2. The fourth-order valence-electron chi connectivity index (χ4n) is 6.03. The van der Waals surface area contributed by atoms with E-state index < -0.39 is 23.1 Å². The lowest BCUT2D eigenvalue weighted by molar-refractivity contribution is -0.133. The summed E-state index contributed by atoms with van der Waals surface area (Å²) in [5.41, 5.74) is 0.426. The Labute approximate surface area is 271 Å². The first-order valence-electron chi connectivity index (χ1n) is 15.5. The zero-order valence-corrected chi connectivity index (χ0v) is 26.4. The van der Waals surface area contributed by atoms with E-state index >= 15 is 4.39 Å². The molecule has 11 heteroatoms. The normalized spacial score (nSPS) is 17.3. The molecule has 2 fully saturated rings. The summed E-state index contributed by atoms with van der Waals surface area (Å²) in [7, 11) is 3.46. The van der Waals surface area contributed by atoms with E-state index in [1.165, 1.54) is 49.7 Å². The van der Waals surface area contributed by atoms with E-state index in [2.05, 4.69) is 9.88 Å². The Balaban J connectivity index is 1.15. The maximum absolute atomic E-state index is 15.3. The van der Waals surface area contributed by atoms with Crippen LogP contribution in [0, 0.1) is 17.0 Å². The highest BCUT2D eigenvalue weighted by Gasteiger charge is 2.54. The van der Waals surface area contributed by atoms with Crippen LogP contribution in [0.15, 0.2) is 66.9 Å². The van der Waals surface area contributed by atoms with Gasteiger partial charge in [-0.15, -0.1) is 0 Å². The largest absolute Gasteiger partial charge is 0.493 e. The molecule has 9 nitrogen and oxygen atoms in total. The molecule has 2 aliphatic rings. The van der Waals surface area contributed by atoms with E-state index in [-0.39, 0.29) is 47.7 Å². The lowest BCUT2D eigenvalue weighted by Crippen LogP contribution is -2.53. The van der Waals surface area contributed by atoms with Crippen LogP contribution in [0.5, 0.6) is 23.0 Å². The number of piperazine rings is 1. The summed E-state index contributed by atoms with van der Waals surface area (Å²) in [5.74, 6) is -0.835. The van der Waals surface area contributed by atoms with Crippen LogP contribution in [0.25, 0.3) is 10.9 Å². The smallest absolute Gasteiger partial charge is 0.415 e. The highest BCUT2D eigenvalue weighted by molar-refractivity contribution is 6.11. The van der Waals surface area contributed by atoms with Crippen LogP contribution in [0.4, 0.5) is 13.6 Å². The van der Waals surface area contributed by atoms with Crippen LogP contribution >= 0.6 is 0 Å². The van der Waals surface area contributed by atoms with Gasteiger partial charge in [0, 0.05) is 56.2 Å². The van der Waals surface area contributed by atoms with Crippen molar-refractivity contribution >= 4 is 28.6 Å². The molecule has 0 N–H and O–H groups in total. The van der Waals surface area contributed by atoms with Gasteiger partial charge in [0.25, 0.3) is 0 Å². The SMILES string of the molecule is COc1cc2c(Oc3ccc(CC(=O)C4(C(=O)Cc5ccc(F)cc5)CC4)cc3F)ccnc2cc1OC(=O)N1CCN(C)C[C@@H]1C. The van der Waals surface area contributed by atoms with E-state index in [0.29, 0.717) is 47.2 Å². The predicted molar refractivity (Wildman–Crippen MR) is 170 cm³/mol. The van der Waals surface area contributed by atoms with Gasteiger partial charge in [0.1, 0.15) is 11.6 Å². The number of rotatable bonds is 10. The second kappa shape index (κ2) is 13.1. The number of ether oxygens (including phenoxy) is 3. The lowest BCUT2D eigenvalue weighted by Gasteiger charge is -2.37. The fourth-order valence-corrected chi connectivity index (χ4v) is 6.03. The summed E-state index contributed by atoms with van der Waals surface area (Å²) in [6, 6.07) is 14.7. The van der Waals surface area contributed by atoms with Crippen molar-refractivity contribution in [3.8, 4) is 23.0 Å². The number of halogens is 2. The molecular formula is C36H35F2N3O6. The Bertz CT molecular complexity index is 1840. The first-order chi connectivity index (χ1) is 22.6. The van der Waals surface area contributed by atoms with Crippen LogP contribution in [0.3, 0.4) is 0 Å². The number of Topliss-reactive ketones (excluding diaryl/α,β-unsaturated/α-hetero) is 2. The maximum atomic E-state index is 15.3. The van der Waals surface area contributed by atoms with Gasteiger partial charge >= 0.3 is 6.09 Å². The number of methoxy groups -OCH3 is 1. The van der Waals surface area contributed by atoms with Crippen molar-refractivity contribution in [1.29, 1.82) is 0 Å². The molecule has 2 heterocycles. The minimum atomic E-state index is -1.08. The maximum Gasteiger partial charge on any atom is 0.415 e. The summed E-state index contributed by atoms with van der Waals surface area (Å²) in [4.78, 5) is 47.4. The van der Waals surface area contributed by atoms with Crippen LogP contribution in [0.1, 0.15) is 30.9 Å². The van der Waals surface area contributed by atoms with Crippen LogP contribution in [-0.2, 0) is 22.4 Å². The summed E-state index contributed by atoms with van der Waals surface area (Å²) in [6.07, 6.45) is 1.85. The van der Waals surface area contributed by atoms with Crippen molar-refractivity contribution in [2.75, 3.05) is 33.8 Å². The number of fused-ring (bicyclic) bond motifs is 1. The Morgan fingerprint density at radius 1 is 0.872 bits per heavy atom. The van der Waals surface area contributed by atoms with Crippen molar-refractivity contribution in [2.45, 2.75) is 38.6 Å². The van der Waals surface area contributed by atoms with E-state index in [9.17, 15) is 18.8 Å². The van der Waals surface area contributed by atoms with Gasteiger partial charge in [-0.25, -0.2) is 13.6 Å². The second-order valence-electron chi connectivity index (χ2n) is 12.3. The standard InChI is InChI=1S/C36H35F2N3O6/c1-22-21-40(2)14-15-41(22)35(44)47-32-20-28-26(19-31(32)45-3)29(10-13-39-28)46-30-9-6-24(16-27(30)38)18-34(43)36(11-12-36)33(42)17-23-4-7-25(37)8-5-23/h4-10,13,16,19-20,22H,11-12,14-15,17-18,21H2,1-3H3/t22-/m0/s1. The Hall–Kier alpha value is -4.90. The van der Waals surface area contributed by atoms with Crippen molar-refractivity contribution < 1.29 is 37.4 Å². The number of amides is 1. The molecule has 4 aromatic rings. The molecule has 0 radical (unpaired) electrons. The third-order valence-corrected chi connectivity index (χ3v) is 8.93. The van der Waals surface area contributed by atoms with Gasteiger partial charge in [0.05, 0.1) is 18.0 Å². The van der Waals surface area contributed by atoms with Gasteiger partial charge in [0.15, 0.2) is 34.6 Å². The molecule has 1 atom stereocenters. The summed E-state index contributed by atoms with van der Waals surface area (Å²) in [6.45, 7) is 3.98. The highest BCUT2D eigenvalue weighted by atomic mass is 19.1. The number of carbonyl (C=O) groups is 3.